The van der Waals surface area contributed by atoms with Crippen molar-refractivity contribution in [2.24, 2.45) is 10.2 Å². The van der Waals surface area contributed by atoms with Gasteiger partial charge in [0.1, 0.15) is 0 Å². The predicted octanol–water partition coefficient (Wildman–Crippen LogP) is 4.90. The Morgan fingerprint density at radius 1 is 0.962 bits per heavy atom. The summed E-state index contributed by atoms with van der Waals surface area (Å²) >= 11 is 0. The van der Waals surface area contributed by atoms with E-state index in [1.165, 1.54) is 0 Å². The molecule has 0 radical (unpaired) electrons. The highest BCUT2D eigenvalue weighted by atomic mass is 19.1. The molecule has 0 saturated heterocycles. The number of azo groups is 1. The molecule has 0 aliphatic heterocycles. The Kier molecular flexibility index (Phi) is 5.89. The lowest BCUT2D eigenvalue weighted by molar-refractivity contribution is -0.395. The third-order valence-electron chi connectivity index (χ3n) is 3.69. The maximum Gasteiger partial charge on any atom is 0.311 e. The van der Waals surface area contributed by atoms with Gasteiger partial charge in [0.05, 0.1) is 21.6 Å². The van der Waals surface area contributed by atoms with Crippen LogP contribution in [0.3, 0.4) is 0 Å². The van der Waals surface area contributed by atoms with Crippen molar-refractivity contribution in [3.05, 3.63) is 62.4 Å². The maximum atomic E-state index is 13.7. The van der Waals surface area contributed by atoms with Crippen molar-refractivity contribution in [1.29, 1.82) is 0 Å². The van der Waals surface area contributed by atoms with Crippen LogP contribution in [-0.4, -0.2) is 22.9 Å². The number of nitro groups is 2. The van der Waals surface area contributed by atoms with Gasteiger partial charge < -0.3 is 4.90 Å². The Bertz CT molecular complexity index is 850. The van der Waals surface area contributed by atoms with E-state index in [1.807, 2.05) is 26.0 Å². The predicted molar refractivity (Wildman–Crippen MR) is 93.9 cm³/mol. The van der Waals surface area contributed by atoms with Gasteiger partial charge in [-0.1, -0.05) is 0 Å². The lowest BCUT2D eigenvalue weighted by atomic mass is 10.2. The molecule has 0 aliphatic carbocycles. The maximum absolute atomic E-state index is 13.7. The Balaban J connectivity index is 2.34. The van der Waals surface area contributed by atoms with Crippen LogP contribution in [0.15, 0.2) is 46.6 Å². The van der Waals surface area contributed by atoms with E-state index < -0.39 is 32.7 Å². The number of hydrogen-bond donors (Lipinski definition) is 0. The molecule has 0 N–H and O–H groups in total. The molecular formula is C16H16FN5O4. The molecule has 2 rings (SSSR count). The second kappa shape index (κ2) is 8.10. The van der Waals surface area contributed by atoms with Gasteiger partial charge in [0, 0.05) is 24.8 Å². The fourth-order valence-electron chi connectivity index (χ4n) is 2.34. The van der Waals surface area contributed by atoms with Crippen molar-refractivity contribution in [1.82, 2.24) is 0 Å². The van der Waals surface area contributed by atoms with E-state index in [-0.39, 0.29) is 0 Å². The fourth-order valence-corrected chi connectivity index (χ4v) is 2.34. The summed E-state index contributed by atoms with van der Waals surface area (Å²) in [7, 11) is 0. The Labute approximate surface area is 148 Å². The van der Waals surface area contributed by atoms with Gasteiger partial charge in [0.2, 0.25) is 5.82 Å². The lowest BCUT2D eigenvalue weighted by Gasteiger charge is -2.20. The average Bonchev–Trinajstić information content (AvgIpc) is 2.61. The number of benzene rings is 2. The van der Waals surface area contributed by atoms with Crippen molar-refractivity contribution in [2.45, 2.75) is 13.8 Å². The summed E-state index contributed by atoms with van der Waals surface area (Å²) < 4.78 is 13.7. The molecule has 9 nitrogen and oxygen atoms in total. The lowest BCUT2D eigenvalue weighted by Crippen LogP contribution is -2.21. The second-order valence-electron chi connectivity index (χ2n) is 5.20. The number of nitro benzene ring substituents is 2. The number of rotatable bonds is 7. The first-order valence-electron chi connectivity index (χ1n) is 7.76. The third kappa shape index (κ3) is 4.15. The van der Waals surface area contributed by atoms with Gasteiger partial charge in [-0.25, -0.2) is 0 Å². The first-order chi connectivity index (χ1) is 12.4. The number of anilines is 1. The van der Waals surface area contributed by atoms with E-state index in [0.717, 1.165) is 18.8 Å². The molecule has 0 unspecified atom stereocenters. The third-order valence-corrected chi connectivity index (χ3v) is 3.69. The van der Waals surface area contributed by atoms with Crippen LogP contribution in [0, 0.1) is 26.0 Å². The quantitative estimate of drug-likeness (QED) is 0.395. The van der Waals surface area contributed by atoms with E-state index in [9.17, 15) is 24.6 Å². The van der Waals surface area contributed by atoms with Gasteiger partial charge in [-0.15, -0.1) is 5.11 Å². The zero-order chi connectivity index (χ0) is 19.3. The summed E-state index contributed by atoms with van der Waals surface area (Å²) in [5.41, 5.74) is -0.679. The normalized spacial score (nSPS) is 10.9. The van der Waals surface area contributed by atoms with Crippen LogP contribution in [0.2, 0.25) is 0 Å². The highest BCUT2D eigenvalue weighted by Gasteiger charge is 2.24. The van der Waals surface area contributed by atoms with E-state index in [2.05, 4.69) is 15.1 Å². The number of halogens is 1. The van der Waals surface area contributed by atoms with Gasteiger partial charge in [-0.2, -0.15) is 9.50 Å². The molecule has 0 aromatic heterocycles. The standard InChI is InChI=1S/C16H16FN5O4/c1-3-20(4-2)12-7-5-11(6-8-12)18-19-14-9-13(17)15(21(23)24)10-16(14)22(25)26/h5-10H,3-4H2,1-2H3/b19-18+. The minimum atomic E-state index is -1.22. The smallest absolute Gasteiger partial charge is 0.311 e. The number of nitrogens with zero attached hydrogens (tertiary/aromatic N) is 5. The minimum absolute atomic E-state index is 0.397. The summed E-state index contributed by atoms with van der Waals surface area (Å²) in [6.07, 6.45) is 0. The Morgan fingerprint density at radius 2 is 1.54 bits per heavy atom. The highest BCUT2D eigenvalue weighted by Crippen LogP contribution is 2.34. The van der Waals surface area contributed by atoms with Gasteiger partial charge in [0.15, 0.2) is 5.69 Å². The monoisotopic (exact) mass is 361 g/mol. The molecule has 0 saturated carbocycles. The van der Waals surface area contributed by atoms with Crippen LogP contribution in [0.4, 0.5) is 32.8 Å². The van der Waals surface area contributed by atoms with E-state index in [1.54, 1.807) is 12.1 Å². The van der Waals surface area contributed by atoms with Gasteiger partial charge in [-0.3, -0.25) is 20.2 Å². The van der Waals surface area contributed by atoms with Crippen molar-refractivity contribution < 1.29 is 14.2 Å². The molecule has 2 aromatic rings. The SMILES string of the molecule is CCN(CC)c1ccc(/N=N/c2cc(F)c([N+](=O)[O-])cc2[N+](=O)[O-])cc1. The molecule has 0 amide bonds. The molecule has 0 aliphatic rings. The summed E-state index contributed by atoms with van der Waals surface area (Å²) in [6, 6.07) is 8.16. The molecule has 0 spiro atoms. The fraction of sp³-hybridized carbons (Fsp3) is 0.250. The van der Waals surface area contributed by atoms with Gasteiger partial charge >= 0.3 is 11.4 Å². The summed E-state index contributed by atoms with van der Waals surface area (Å²) in [4.78, 5) is 22.0. The van der Waals surface area contributed by atoms with Crippen molar-refractivity contribution in [2.75, 3.05) is 18.0 Å². The summed E-state index contributed by atoms with van der Waals surface area (Å²) in [5.74, 6) is -1.22. The van der Waals surface area contributed by atoms with Crippen molar-refractivity contribution >= 4 is 28.4 Å². The topological polar surface area (TPSA) is 114 Å². The van der Waals surface area contributed by atoms with Crippen LogP contribution < -0.4 is 4.90 Å². The molecule has 0 bridgehead atoms. The highest BCUT2D eigenvalue weighted by molar-refractivity contribution is 5.62. The average molecular weight is 361 g/mol. The van der Waals surface area contributed by atoms with E-state index in [4.69, 9.17) is 0 Å². The summed E-state index contributed by atoms with van der Waals surface area (Å²) in [6.45, 7) is 5.73. The van der Waals surface area contributed by atoms with Crippen LogP contribution >= 0.6 is 0 Å². The number of hydrogen-bond acceptors (Lipinski definition) is 7. The van der Waals surface area contributed by atoms with Crippen molar-refractivity contribution in [3.63, 3.8) is 0 Å². The minimum Gasteiger partial charge on any atom is -0.372 e. The Hall–Kier alpha value is -3.43. The zero-order valence-corrected chi connectivity index (χ0v) is 14.1. The first kappa shape index (κ1) is 18.9. The first-order valence-corrected chi connectivity index (χ1v) is 7.76. The van der Waals surface area contributed by atoms with Gasteiger partial charge in [0.25, 0.3) is 0 Å². The van der Waals surface area contributed by atoms with Crippen LogP contribution in [0.25, 0.3) is 0 Å². The largest absolute Gasteiger partial charge is 0.372 e. The second-order valence-corrected chi connectivity index (χ2v) is 5.20. The molecule has 0 atom stereocenters. The van der Waals surface area contributed by atoms with Crippen LogP contribution in [0.5, 0.6) is 0 Å². The molecule has 0 heterocycles. The van der Waals surface area contributed by atoms with E-state index in [0.29, 0.717) is 17.8 Å². The van der Waals surface area contributed by atoms with Crippen molar-refractivity contribution in [3.8, 4) is 0 Å². The van der Waals surface area contributed by atoms with E-state index >= 15 is 0 Å². The molecule has 0 fully saturated rings. The zero-order valence-electron chi connectivity index (χ0n) is 14.1. The molecule has 136 valence electrons. The van der Waals surface area contributed by atoms with Crippen LogP contribution in [-0.2, 0) is 0 Å². The van der Waals surface area contributed by atoms with Gasteiger partial charge in [-0.05, 0) is 38.1 Å². The summed E-state index contributed by atoms with van der Waals surface area (Å²) in [5, 5.41) is 29.3. The molecule has 2 aromatic carbocycles. The Morgan fingerprint density at radius 3 is 2.04 bits per heavy atom. The van der Waals surface area contributed by atoms with Crippen LogP contribution in [0.1, 0.15) is 13.8 Å². The molecule has 10 heteroatoms. The molecular weight excluding hydrogens is 345 g/mol. The molecule has 26 heavy (non-hydrogen) atoms.